The largest absolute Gasteiger partial charge is 0.469 e. The smallest absolute Gasteiger partial charge is 0.306 e. The predicted octanol–water partition coefficient (Wildman–Crippen LogP) is 2.64. The molecule has 0 aliphatic heterocycles. The monoisotopic (exact) mass is 239 g/mol. The normalized spacial score (nSPS) is 24.1. The van der Waals surface area contributed by atoms with Gasteiger partial charge in [-0.1, -0.05) is 12.8 Å². The van der Waals surface area contributed by atoms with Crippen LogP contribution in [-0.4, -0.2) is 25.7 Å². The third kappa shape index (κ3) is 3.44. The standard InChI is InChI=1S/C14H25NO2/c1-17-13(16)6-11-15-12-4-9-14(10-5-12)7-2-3-8-14/h12,15H,2-11H2,1H3. The van der Waals surface area contributed by atoms with Crippen molar-refractivity contribution in [1.82, 2.24) is 5.32 Å². The molecule has 2 rings (SSSR count). The average molecular weight is 239 g/mol. The van der Waals surface area contributed by atoms with Gasteiger partial charge in [0.05, 0.1) is 13.5 Å². The number of ether oxygens (including phenoxy) is 1. The first kappa shape index (κ1) is 12.9. The fourth-order valence-corrected chi connectivity index (χ4v) is 3.54. The quantitative estimate of drug-likeness (QED) is 0.766. The van der Waals surface area contributed by atoms with Crippen molar-refractivity contribution in [3.8, 4) is 0 Å². The third-order valence-electron chi connectivity index (χ3n) is 4.70. The molecule has 0 bridgehead atoms. The summed E-state index contributed by atoms with van der Waals surface area (Å²) in [6.07, 6.45) is 11.7. The highest BCUT2D eigenvalue weighted by Gasteiger charge is 2.37. The van der Waals surface area contributed by atoms with E-state index in [1.165, 1.54) is 58.5 Å². The Hall–Kier alpha value is -0.570. The summed E-state index contributed by atoms with van der Waals surface area (Å²) in [5, 5.41) is 3.49. The maximum Gasteiger partial charge on any atom is 0.306 e. The van der Waals surface area contributed by atoms with E-state index < -0.39 is 0 Å². The van der Waals surface area contributed by atoms with E-state index in [0.29, 0.717) is 17.9 Å². The molecule has 0 amide bonds. The van der Waals surface area contributed by atoms with Crippen molar-refractivity contribution in [3.05, 3.63) is 0 Å². The number of rotatable bonds is 4. The molecule has 2 aliphatic rings. The van der Waals surface area contributed by atoms with Crippen LogP contribution in [0.3, 0.4) is 0 Å². The Morgan fingerprint density at radius 3 is 2.47 bits per heavy atom. The van der Waals surface area contributed by atoms with Crippen molar-refractivity contribution in [2.45, 2.75) is 63.8 Å². The Morgan fingerprint density at radius 2 is 1.88 bits per heavy atom. The zero-order chi connectivity index (χ0) is 12.1. The van der Waals surface area contributed by atoms with Gasteiger partial charge in [-0.25, -0.2) is 0 Å². The first-order valence-electron chi connectivity index (χ1n) is 7.04. The van der Waals surface area contributed by atoms with Crippen LogP contribution in [0.2, 0.25) is 0 Å². The molecule has 1 N–H and O–H groups in total. The van der Waals surface area contributed by atoms with E-state index in [0.717, 1.165) is 6.54 Å². The highest BCUT2D eigenvalue weighted by molar-refractivity contribution is 5.69. The van der Waals surface area contributed by atoms with Gasteiger partial charge in [0.25, 0.3) is 0 Å². The first-order chi connectivity index (χ1) is 8.24. The minimum Gasteiger partial charge on any atom is -0.469 e. The van der Waals surface area contributed by atoms with Gasteiger partial charge in [0.15, 0.2) is 0 Å². The van der Waals surface area contributed by atoms with Crippen LogP contribution >= 0.6 is 0 Å². The van der Waals surface area contributed by atoms with Crippen molar-refractivity contribution in [2.75, 3.05) is 13.7 Å². The second-order valence-corrected chi connectivity index (χ2v) is 5.76. The van der Waals surface area contributed by atoms with E-state index in [1.54, 1.807) is 0 Å². The van der Waals surface area contributed by atoms with Crippen molar-refractivity contribution in [2.24, 2.45) is 5.41 Å². The fourth-order valence-electron chi connectivity index (χ4n) is 3.54. The van der Waals surface area contributed by atoms with Gasteiger partial charge in [-0.15, -0.1) is 0 Å². The molecule has 0 radical (unpaired) electrons. The summed E-state index contributed by atoms with van der Waals surface area (Å²) in [6.45, 7) is 0.768. The van der Waals surface area contributed by atoms with Crippen LogP contribution in [0, 0.1) is 5.41 Å². The summed E-state index contributed by atoms with van der Waals surface area (Å²) >= 11 is 0. The molecular formula is C14H25NO2. The van der Waals surface area contributed by atoms with Gasteiger partial charge < -0.3 is 10.1 Å². The molecule has 0 aromatic carbocycles. The molecule has 0 aromatic heterocycles. The van der Waals surface area contributed by atoms with Crippen molar-refractivity contribution >= 4 is 5.97 Å². The number of esters is 1. The van der Waals surface area contributed by atoms with Crippen LogP contribution in [0.25, 0.3) is 0 Å². The van der Waals surface area contributed by atoms with E-state index in [1.807, 2.05) is 0 Å². The summed E-state index contributed by atoms with van der Waals surface area (Å²) in [5.74, 6) is -0.111. The SMILES string of the molecule is COC(=O)CCNC1CCC2(CCCC2)CC1. The average Bonchev–Trinajstić information content (AvgIpc) is 2.80. The fraction of sp³-hybridized carbons (Fsp3) is 0.929. The highest BCUT2D eigenvalue weighted by atomic mass is 16.5. The number of methoxy groups -OCH3 is 1. The molecule has 0 saturated heterocycles. The minimum atomic E-state index is -0.111. The molecule has 2 aliphatic carbocycles. The zero-order valence-corrected chi connectivity index (χ0v) is 11.0. The molecule has 0 atom stereocenters. The lowest BCUT2D eigenvalue weighted by Gasteiger charge is -2.37. The lowest BCUT2D eigenvalue weighted by Crippen LogP contribution is -2.37. The van der Waals surface area contributed by atoms with E-state index in [9.17, 15) is 4.79 Å². The molecule has 98 valence electrons. The van der Waals surface area contributed by atoms with Crippen molar-refractivity contribution < 1.29 is 9.53 Å². The van der Waals surface area contributed by atoms with Crippen molar-refractivity contribution in [3.63, 3.8) is 0 Å². The zero-order valence-electron chi connectivity index (χ0n) is 11.0. The highest BCUT2D eigenvalue weighted by Crippen LogP contribution is 2.48. The van der Waals surface area contributed by atoms with Crippen molar-refractivity contribution in [1.29, 1.82) is 0 Å². The van der Waals surface area contributed by atoms with Gasteiger partial charge >= 0.3 is 5.97 Å². The predicted molar refractivity (Wildman–Crippen MR) is 67.8 cm³/mol. The molecule has 17 heavy (non-hydrogen) atoms. The second kappa shape index (κ2) is 5.85. The van der Waals surface area contributed by atoms with E-state index in [4.69, 9.17) is 0 Å². The Bertz CT molecular complexity index is 249. The Morgan fingerprint density at radius 1 is 1.24 bits per heavy atom. The van der Waals surface area contributed by atoms with Gasteiger partial charge in [0.1, 0.15) is 0 Å². The molecule has 3 heteroatoms. The van der Waals surface area contributed by atoms with Gasteiger partial charge in [-0.2, -0.15) is 0 Å². The Kier molecular flexibility index (Phi) is 4.43. The van der Waals surface area contributed by atoms with Gasteiger partial charge in [-0.3, -0.25) is 4.79 Å². The van der Waals surface area contributed by atoms with Crippen LogP contribution in [0.5, 0.6) is 0 Å². The number of hydrogen-bond acceptors (Lipinski definition) is 3. The maximum atomic E-state index is 11.0. The third-order valence-corrected chi connectivity index (χ3v) is 4.70. The molecule has 0 aromatic rings. The van der Waals surface area contributed by atoms with Crippen LogP contribution in [0.15, 0.2) is 0 Å². The molecule has 0 heterocycles. The number of carbonyl (C=O) groups is 1. The Balaban J connectivity index is 1.63. The lowest BCUT2D eigenvalue weighted by molar-refractivity contribution is -0.140. The second-order valence-electron chi connectivity index (χ2n) is 5.76. The van der Waals surface area contributed by atoms with Crippen LogP contribution in [0.1, 0.15) is 57.8 Å². The lowest BCUT2D eigenvalue weighted by atomic mass is 9.71. The van der Waals surface area contributed by atoms with E-state index in [-0.39, 0.29) is 5.97 Å². The topological polar surface area (TPSA) is 38.3 Å². The summed E-state index contributed by atoms with van der Waals surface area (Å²) < 4.78 is 4.64. The van der Waals surface area contributed by atoms with Gasteiger partial charge in [0.2, 0.25) is 0 Å². The number of hydrogen-bond donors (Lipinski definition) is 1. The van der Waals surface area contributed by atoms with E-state index >= 15 is 0 Å². The molecule has 3 nitrogen and oxygen atoms in total. The summed E-state index contributed by atoms with van der Waals surface area (Å²) in [7, 11) is 1.45. The van der Waals surface area contributed by atoms with E-state index in [2.05, 4.69) is 10.1 Å². The summed E-state index contributed by atoms with van der Waals surface area (Å²) in [5.41, 5.74) is 0.709. The molecule has 0 unspecified atom stereocenters. The molecule has 2 saturated carbocycles. The molecular weight excluding hydrogens is 214 g/mol. The van der Waals surface area contributed by atoms with Crippen LogP contribution in [-0.2, 0) is 9.53 Å². The summed E-state index contributed by atoms with van der Waals surface area (Å²) in [6, 6.07) is 0.630. The Labute approximate surface area is 104 Å². The van der Waals surface area contributed by atoms with Crippen LogP contribution in [0.4, 0.5) is 0 Å². The van der Waals surface area contributed by atoms with Crippen LogP contribution < -0.4 is 5.32 Å². The molecule has 1 spiro atoms. The first-order valence-corrected chi connectivity index (χ1v) is 7.04. The summed E-state index contributed by atoms with van der Waals surface area (Å²) in [4.78, 5) is 11.0. The minimum absolute atomic E-state index is 0.111. The van der Waals surface area contributed by atoms with Gasteiger partial charge in [0, 0.05) is 12.6 Å². The maximum absolute atomic E-state index is 11.0. The molecule has 2 fully saturated rings. The number of carbonyl (C=O) groups excluding carboxylic acids is 1. The number of nitrogens with one attached hydrogen (secondary N) is 1. The van der Waals surface area contributed by atoms with Gasteiger partial charge in [-0.05, 0) is 43.9 Å².